The van der Waals surface area contributed by atoms with E-state index in [2.05, 4.69) is 6.92 Å². The summed E-state index contributed by atoms with van der Waals surface area (Å²) in [5, 5.41) is 9.38. The van der Waals surface area contributed by atoms with Crippen molar-refractivity contribution in [2.75, 3.05) is 20.3 Å². The van der Waals surface area contributed by atoms with E-state index in [1.54, 1.807) is 7.11 Å². The van der Waals surface area contributed by atoms with Crippen molar-refractivity contribution in [1.29, 1.82) is 0 Å². The highest BCUT2D eigenvalue weighted by molar-refractivity contribution is 5.69. The van der Waals surface area contributed by atoms with Gasteiger partial charge in [-0.2, -0.15) is 0 Å². The molecule has 1 atom stereocenters. The van der Waals surface area contributed by atoms with Crippen molar-refractivity contribution >= 4 is 11.9 Å². The Morgan fingerprint density at radius 3 is 1.95 bits per heavy atom. The maximum atomic E-state index is 12.1. The van der Waals surface area contributed by atoms with Gasteiger partial charge in [-0.1, -0.05) is 89.7 Å². The largest absolute Gasteiger partial charge is 0.497 e. The molecule has 0 fully saturated rings. The second kappa shape index (κ2) is 24.0. The summed E-state index contributed by atoms with van der Waals surface area (Å²) in [6, 6.07) is 7.45. The predicted molar refractivity (Wildman–Crippen MR) is 153 cm³/mol. The Kier molecular flexibility index (Phi) is 21.4. The highest BCUT2D eigenvalue weighted by Gasteiger charge is 2.12. The van der Waals surface area contributed by atoms with E-state index in [9.17, 15) is 14.7 Å². The lowest BCUT2D eigenvalue weighted by atomic mass is 9.93. The fraction of sp³-hybridized carbons (Fsp3) is 0.750. The molecule has 218 valence electrons. The molecule has 0 amide bonds. The monoisotopic (exact) mass is 534 g/mol. The predicted octanol–water partition coefficient (Wildman–Crippen LogP) is 7.93. The number of esters is 2. The van der Waals surface area contributed by atoms with Gasteiger partial charge in [-0.05, 0) is 55.7 Å². The van der Waals surface area contributed by atoms with Gasteiger partial charge >= 0.3 is 11.9 Å². The first-order valence-corrected chi connectivity index (χ1v) is 15.1. The van der Waals surface area contributed by atoms with Crippen LogP contribution in [0.25, 0.3) is 0 Å². The van der Waals surface area contributed by atoms with Gasteiger partial charge in [0, 0.05) is 19.4 Å². The van der Waals surface area contributed by atoms with Crippen molar-refractivity contribution in [3.8, 4) is 5.75 Å². The summed E-state index contributed by atoms with van der Waals surface area (Å²) in [5.74, 6) is 0.797. The maximum absolute atomic E-state index is 12.1. The van der Waals surface area contributed by atoms with Gasteiger partial charge in [0.05, 0.1) is 13.7 Å². The minimum atomic E-state index is -0.213. The highest BCUT2D eigenvalue weighted by Crippen LogP contribution is 2.21. The number of carbonyl (C=O) groups excluding carboxylic acids is 2. The van der Waals surface area contributed by atoms with E-state index in [1.165, 1.54) is 64.2 Å². The van der Waals surface area contributed by atoms with E-state index in [-0.39, 0.29) is 25.2 Å². The Morgan fingerprint density at radius 2 is 1.32 bits per heavy atom. The van der Waals surface area contributed by atoms with Crippen LogP contribution in [0.4, 0.5) is 0 Å². The van der Waals surface area contributed by atoms with E-state index in [0.29, 0.717) is 25.4 Å². The summed E-state index contributed by atoms with van der Waals surface area (Å²) in [4.78, 5) is 24.0. The molecule has 1 N–H and O–H groups in total. The number of methoxy groups -OCH3 is 1. The summed E-state index contributed by atoms with van der Waals surface area (Å²) in [6.45, 7) is 3.09. The third kappa shape index (κ3) is 19.1. The zero-order valence-corrected chi connectivity index (χ0v) is 24.2. The summed E-state index contributed by atoms with van der Waals surface area (Å²) in [5.41, 5.74) is 0.927. The van der Waals surface area contributed by atoms with Crippen LogP contribution in [0.3, 0.4) is 0 Å². The van der Waals surface area contributed by atoms with Gasteiger partial charge in [-0.15, -0.1) is 0 Å². The van der Waals surface area contributed by atoms with Gasteiger partial charge in [0.25, 0.3) is 0 Å². The normalized spacial score (nSPS) is 11.8. The third-order valence-corrected chi connectivity index (χ3v) is 7.11. The molecular formula is C32H54O6. The molecule has 6 heteroatoms. The molecule has 0 aliphatic heterocycles. The van der Waals surface area contributed by atoms with Gasteiger partial charge in [-0.25, -0.2) is 0 Å². The van der Waals surface area contributed by atoms with Crippen LogP contribution in [0.1, 0.15) is 128 Å². The fourth-order valence-electron chi connectivity index (χ4n) is 4.62. The summed E-state index contributed by atoms with van der Waals surface area (Å²) < 4.78 is 15.8. The SMILES string of the molecule is CCCCCCCCCCCCC(CCO)CCC(=O)OCCCCCC(=O)OCc1ccc(OC)cc1. The number of hydrogen-bond donors (Lipinski definition) is 1. The standard InChI is InChI=1S/C32H54O6/c1-3-4-5-6-7-8-9-10-11-13-16-28(24-25-33)20-23-32(35)37-26-15-12-14-17-31(34)38-27-29-18-21-30(36-2)22-19-29/h18-19,21-22,28,33H,3-17,20,23-27H2,1-2H3. The molecule has 0 saturated carbocycles. The second-order valence-electron chi connectivity index (χ2n) is 10.4. The number of unbranched alkanes of at least 4 members (excludes halogenated alkanes) is 11. The molecule has 1 aromatic carbocycles. The fourth-order valence-corrected chi connectivity index (χ4v) is 4.62. The number of ether oxygens (including phenoxy) is 3. The molecule has 6 nitrogen and oxygen atoms in total. The summed E-state index contributed by atoms with van der Waals surface area (Å²) in [7, 11) is 1.62. The van der Waals surface area contributed by atoms with E-state index in [4.69, 9.17) is 14.2 Å². The van der Waals surface area contributed by atoms with Crippen molar-refractivity contribution in [3.63, 3.8) is 0 Å². The van der Waals surface area contributed by atoms with E-state index < -0.39 is 0 Å². The van der Waals surface area contributed by atoms with Crippen LogP contribution >= 0.6 is 0 Å². The molecule has 38 heavy (non-hydrogen) atoms. The number of rotatable bonds is 25. The molecule has 1 unspecified atom stereocenters. The molecule has 0 aliphatic carbocycles. The van der Waals surface area contributed by atoms with Crippen molar-refractivity contribution < 1.29 is 28.9 Å². The number of aliphatic hydroxyl groups excluding tert-OH is 1. The molecule has 0 spiro atoms. The summed E-state index contributed by atoms with van der Waals surface area (Å²) in [6.07, 6.45) is 18.9. The molecule has 1 rings (SSSR count). The van der Waals surface area contributed by atoms with Gasteiger partial charge in [0.1, 0.15) is 12.4 Å². The Bertz CT molecular complexity index is 702. The minimum absolute atomic E-state index is 0.157. The molecule has 0 heterocycles. The van der Waals surface area contributed by atoms with Gasteiger partial charge < -0.3 is 19.3 Å². The van der Waals surface area contributed by atoms with Crippen molar-refractivity contribution in [2.24, 2.45) is 5.92 Å². The first-order chi connectivity index (χ1) is 18.6. The molecule has 0 bridgehead atoms. The maximum Gasteiger partial charge on any atom is 0.306 e. The Labute approximate surface area is 231 Å². The zero-order chi connectivity index (χ0) is 27.7. The van der Waals surface area contributed by atoms with Crippen molar-refractivity contribution in [2.45, 2.75) is 129 Å². The average molecular weight is 535 g/mol. The van der Waals surface area contributed by atoms with Crippen LogP contribution in [-0.4, -0.2) is 37.4 Å². The quantitative estimate of drug-likeness (QED) is 0.101. The van der Waals surface area contributed by atoms with Gasteiger partial charge in [0.15, 0.2) is 0 Å². The van der Waals surface area contributed by atoms with Crippen LogP contribution in [0.15, 0.2) is 24.3 Å². The Morgan fingerprint density at radius 1 is 0.711 bits per heavy atom. The van der Waals surface area contributed by atoms with E-state index in [0.717, 1.165) is 49.8 Å². The van der Waals surface area contributed by atoms with Crippen LogP contribution in [-0.2, 0) is 25.7 Å². The highest BCUT2D eigenvalue weighted by atomic mass is 16.5. The molecular weight excluding hydrogens is 480 g/mol. The Balaban J connectivity index is 2.00. The smallest absolute Gasteiger partial charge is 0.306 e. The third-order valence-electron chi connectivity index (χ3n) is 7.11. The molecule has 0 aromatic heterocycles. The van der Waals surface area contributed by atoms with Crippen LogP contribution in [0, 0.1) is 5.92 Å². The number of benzene rings is 1. The lowest BCUT2D eigenvalue weighted by molar-refractivity contribution is -0.146. The second-order valence-corrected chi connectivity index (χ2v) is 10.4. The van der Waals surface area contributed by atoms with Crippen LogP contribution in [0.5, 0.6) is 5.75 Å². The first kappa shape index (κ1) is 33.9. The summed E-state index contributed by atoms with van der Waals surface area (Å²) >= 11 is 0. The minimum Gasteiger partial charge on any atom is -0.497 e. The topological polar surface area (TPSA) is 82.1 Å². The van der Waals surface area contributed by atoms with Gasteiger partial charge in [-0.3, -0.25) is 9.59 Å². The Hall–Kier alpha value is -2.08. The lowest BCUT2D eigenvalue weighted by Gasteiger charge is -2.15. The van der Waals surface area contributed by atoms with Crippen LogP contribution < -0.4 is 4.74 Å². The number of hydrogen-bond acceptors (Lipinski definition) is 6. The zero-order valence-electron chi connectivity index (χ0n) is 24.2. The lowest BCUT2D eigenvalue weighted by Crippen LogP contribution is -2.10. The molecule has 0 aliphatic rings. The first-order valence-electron chi connectivity index (χ1n) is 15.1. The number of aliphatic hydroxyl groups is 1. The van der Waals surface area contributed by atoms with E-state index >= 15 is 0 Å². The molecule has 1 aromatic rings. The molecule has 0 radical (unpaired) electrons. The van der Waals surface area contributed by atoms with Gasteiger partial charge in [0.2, 0.25) is 0 Å². The van der Waals surface area contributed by atoms with Crippen LogP contribution in [0.2, 0.25) is 0 Å². The van der Waals surface area contributed by atoms with Crippen molar-refractivity contribution in [1.82, 2.24) is 0 Å². The average Bonchev–Trinajstić information content (AvgIpc) is 2.93. The van der Waals surface area contributed by atoms with E-state index in [1.807, 2.05) is 24.3 Å². The molecule has 0 saturated heterocycles. The number of carbonyl (C=O) groups is 2. The van der Waals surface area contributed by atoms with Crippen molar-refractivity contribution in [3.05, 3.63) is 29.8 Å².